The topological polar surface area (TPSA) is 25.8 Å². The van der Waals surface area contributed by atoms with Crippen LogP contribution in [0.5, 0.6) is 0 Å². The second-order valence-electron chi connectivity index (χ2n) is 11.7. The summed E-state index contributed by atoms with van der Waals surface area (Å²) in [6.45, 7) is 0. The Hall–Kier alpha value is -5.86. The van der Waals surface area contributed by atoms with E-state index in [0.717, 1.165) is 33.4 Å². The number of nitrogens with zero attached hydrogens (tertiary/aromatic N) is 2. The van der Waals surface area contributed by atoms with Crippen LogP contribution in [0, 0.1) is 0 Å². The quantitative estimate of drug-likeness (QED) is 0.196. The van der Waals surface area contributed by atoms with Crippen LogP contribution in [0.2, 0.25) is 0 Å². The van der Waals surface area contributed by atoms with E-state index in [2.05, 4.69) is 151 Å². The molecule has 0 bridgehead atoms. The smallest absolute Gasteiger partial charge is 0.0788 e. The van der Waals surface area contributed by atoms with Gasteiger partial charge in [0.2, 0.25) is 0 Å². The van der Waals surface area contributed by atoms with E-state index in [-0.39, 0.29) is 0 Å². The first kappa shape index (κ1) is 25.6. The Labute approximate surface area is 262 Å². The Balaban J connectivity index is 1.39. The number of rotatable bonds is 4. The van der Waals surface area contributed by atoms with Crippen LogP contribution in [0.15, 0.2) is 170 Å². The summed E-state index contributed by atoms with van der Waals surface area (Å²) in [6, 6.07) is 58.9. The van der Waals surface area contributed by atoms with Gasteiger partial charge in [0.25, 0.3) is 0 Å². The highest BCUT2D eigenvalue weighted by molar-refractivity contribution is 6.19. The highest BCUT2D eigenvalue weighted by atomic mass is 14.7. The van der Waals surface area contributed by atoms with Gasteiger partial charge in [-0.05, 0) is 51.6 Å². The minimum atomic E-state index is -0.447. The van der Waals surface area contributed by atoms with Gasteiger partial charge in [-0.2, -0.15) is 0 Å². The lowest BCUT2D eigenvalue weighted by molar-refractivity contribution is 0.769. The number of hydrogen-bond acceptors (Lipinski definition) is 2. The zero-order chi connectivity index (χ0) is 29.8. The van der Waals surface area contributed by atoms with E-state index in [0.29, 0.717) is 0 Å². The third-order valence-electron chi connectivity index (χ3n) is 9.40. The van der Waals surface area contributed by atoms with Crippen LogP contribution in [-0.4, -0.2) is 9.97 Å². The number of fused-ring (bicyclic) bond motifs is 7. The Morgan fingerprint density at radius 1 is 0.444 bits per heavy atom. The van der Waals surface area contributed by atoms with E-state index < -0.39 is 5.41 Å². The molecule has 0 fully saturated rings. The first-order valence-corrected chi connectivity index (χ1v) is 15.4. The van der Waals surface area contributed by atoms with Gasteiger partial charge in [0.1, 0.15) is 0 Å². The summed E-state index contributed by atoms with van der Waals surface area (Å²) in [7, 11) is 0. The van der Waals surface area contributed by atoms with E-state index in [4.69, 9.17) is 4.98 Å². The van der Waals surface area contributed by atoms with Crippen LogP contribution in [-0.2, 0) is 5.41 Å². The zero-order valence-electron chi connectivity index (χ0n) is 24.6. The molecule has 1 aliphatic carbocycles. The summed E-state index contributed by atoms with van der Waals surface area (Å²) in [5.74, 6) is 0. The average Bonchev–Trinajstić information content (AvgIpc) is 3.44. The van der Waals surface area contributed by atoms with Gasteiger partial charge >= 0.3 is 0 Å². The molecular weight excluding hydrogens is 544 g/mol. The predicted molar refractivity (Wildman–Crippen MR) is 185 cm³/mol. The molecule has 0 spiro atoms. The van der Waals surface area contributed by atoms with E-state index in [1.54, 1.807) is 0 Å². The molecule has 6 aromatic carbocycles. The molecule has 0 amide bonds. The van der Waals surface area contributed by atoms with E-state index in [1.807, 2.05) is 24.4 Å². The molecular formula is C43H28N2. The van der Waals surface area contributed by atoms with Crippen LogP contribution in [0.1, 0.15) is 22.3 Å². The maximum atomic E-state index is 5.29. The molecule has 0 saturated heterocycles. The molecule has 2 aromatic heterocycles. The van der Waals surface area contributed by atoms with Gasteiger partial charge in [-0.15, -0.1) is 0 Å². The molecule has 0 aliphatic heterocycles. The third-order valence-corrected chi connectivity index (χ3v) is 9.40. The van der Waals surface area contributed by atoms with Crippen molar-refractivity contribution in [2.24, 2.45) is 0 Å². The highest BCUT2D eigenvalue weighted by Gasteiger charge is 2.46. The van der Waals surface area contributed by atoms with Crippen LogP contribution < -0.4 is 0 Å². The van der Waals surface area contributed by atoms with Gasteiger partial charge in [0.05, 0.1) is 22.3 Å². The normalized spacial score (nSPS) is 13.1. The molecule has 45 heavy (non-hydrogen) atoms. The van der Waals surface area contributed by atoms with Crippen molar-refractivity contribution >= 4 is 21.7 Å². The molecule has 2 heteroatoms. The second-order valence-corrected chi connectivity index (χ2v) is 11.7. The highest BCUT2D eigenvalue weighted by Crippen LogP contribution is 2.58. The van der Waals surface area contributed by atoms with Crippen molar-refractivity contribution in [2.45, 2.75) is 5.41 Å². The van der Waals surface area contributed by atoms with Crippen LogP contribution in [0.4, 0.5) is 0 Å². The molecule has 210 valence electrons. The predicted octanol–water partition coefficient (Wildman–Crippen LogP) is 10.5. The lowest BCUT2D eigenvalue weighted by atomic mass is 9.67. The van der Waals surface area contributed by atoms with Gasteiger partial charge in [-0.3, -0.25) is 4.98 Å². The molecule has 0 radical (unpaired) electrons. The van der Waals surface area contributed by atoms with E-state index in [9.17, 15) is 0 Å². The molecule has 0 unspecified atom stereocenters. The Morgan fingerprint density at radius 3 is 1.82 bits per heavy atom. The maximum absolute atomic E-state index is 5.29. The number of para-hydroxylation sites is 1. The lowest BCUT2D eigenvalue weighted by Crippen LogP contribution is -2.28. The molecule has 1 aliphatic rings. The van der Waals surface area contributed by atoms with Crippen molar-refractivity contribution in [1.29, 1.82) is 0 Å². The van der Waals surface area contributed by atoms with Gasteiger partial charge in [0.15, 0.2) is 0 Å². The summed E-state index contributed by atoms with van der Waals surface area (Å²) in [5.41, 5.74) is 12.4. The molecule has 9 rings (SSSR count). The minimum absolute atomic E-state index is 0.447. The number of pyridine rings is 2. The van der Waals surface area contributed by atoms with Crippen molar-refractivity contribution in [3.63, 3.8) is 0 Å². The molecule has 2 heterocycles. The summed E-state index contributed by atoms with van der Waals surface area (Å²) in [6.07, 6.45) is 1.84. The molecule has 0 saturated carbocycles. The summed E-state index contributed by atoms with van der Waals surface area (Å²) < 4.78 is 0. The number of hydrogen-bond donors (Lipinski definition) is 0. The van der Waals surface area contributed by atoms with Gasteiger partial charge < -0.3 is 0 Å². The first-order valence-electron chi connectivity index (χ1n) is 15.4. The van der Waals surface area contributed by atoms with Crippen LogP contribution in [0.3, 0.4) is 0 Å². The van der Waals surface area contributed by atoms with Gasteiger partial charge in [0, 0.05) is 33.5 Å². The van der Waals surface area contributed by atoms with Gasteiger partial charge in [-0.1, -0.05) is 146 Å². The van der Waals surface area contributed by atoms with Crippen molar-refractivity contribution in [3.05, 3.63) is 192 Å². The second kappa shape index (κ2) is 10.1. The standard InChI is InChI=1S/C43H28N2/c1-3-13-31(14-4-1)43(32-15-5-2-6-16-32)36-19-9-7-17-33(36)41-37(43)27-26-35-40(41)34-18-8-10-21-39(34)45-42(35)30-24-22-29(23-25-30)38-20-11-12-28-44-38/h1-28H. The van der Waals surface area contributed by atoms with Crippen LogP contribution >= 0.6 is 0 Å². The number of benzene rings is 6. The maximum Gasteiger partial charge on any atom is 0.0788 e. The Morgan fingerprint density at radius 2 is 1.09 bits per heavy atom. The van der Waals surface area contributed by atoms with E-state index >= 15 is 0 Å². The zero-order valence-corrected chi connectivity index (χ0v) is 24.6. The number of aromatic nitrogens is 2. The largest absolute Gasteiger partial charge is 0.256 e. The van der Waals surface area contributed by atoms with E-state index in [1.165, 1.54) is 44.2 Å². The summed E-state index contributed by atoms with van der Waals surface area (Å²) in [4.78, 5) is 9.85. The Kier molecular flexibility index (Phi) is 5.76. The Bertz CT molecular complexity index is 2300. The summed E-state index contributed by atoms with van der Waals surface area (Å²) >= 11 is 0. The summed E-state index contributed by atoms with van der Waals surface area (Å²) in [5, 5.41) is 3.58. The lowest BCUT2D eigenvalue weighted by Gasteiger charge is -2.34. The van der Waals surface area contributed by atoms with Crippen molar-refractivity contribution < 1.29 is 0 Å². The van der Waals surface area contributed by atoms with Crippen molar-refractivity contribution in [1.82, 2.24) is 9.97 Å². The first-order chi connectivity index (χ1) is 22.3. The fraction of sp³-hybridized carbons (Fsp3) is 0.0233. The molecule has 2 nitrogen and oxygen atoms in total. The van der Waals surface area contributed by atoms with Gasteiger partial charge in [-0.25, -0.2) is 4.98 Å². The third kappa shape index (κ3) is 3.76. The molecule has 8 aromatic rings. The average molecular weight is 573 g/mol. The monoisotopic (exact) mass is 572 g/mol. The molecule has 0 atom stereocenters. The molecule has 0 N–H and O–H groups in total. The van der Waals surface area contributed by atoms with Crippen LogP contribution in [0.25, 0.3) is 55.3 Å². The van der Waals surface area contributed by atoms with Crippen molar-refractivity contribution in [3.8, 4) is 33.6 Å². The fourth-order valence-electron chi connectivity index (χ4n) is 7.53. The SMILES string of the molecule is c1ccc(C2(c3ccccc3)c3ccccc3-c3c2ccc2c(-c4ccc(-c5ccccn5)cc4)nc4ccccc4c32)cc1. The minimum Gasteiger partial charge on any atom is -0.256 e. The van der Waals surface area contributed by atoms with Crippen molar-refractivity contribution in [2.75, 3.05) is 0 Å². The fourth-order valence-corrected chi connectivity index (χ4v) is 7.53.